The van der Waals surface area contributed by atoms with E-state index >= 15 is 0 Å². The molecule has 0 bridgehead atoms. The summed E-state index contributed by atoms with van der Waals surface area (Å²) >= 11 is 0. The molecule has 0 radical (unpaired) electrons. The van der Waals surface area contributed by atoms with Crippen LogP contribution in [0.5, 0.6) is 5.75 Å². The molecule has 2 heterocycles. The number of hydrogen-bond donors (Lipinski definition) is 4. The van der Waals surface area contributed by atoms with Gasteiger partial charge in [-0.25, -0.2) is 0 Å². The fraction of sp³-hybridized carbons (Fsp3) is 0.357. The number of aromatic nitrogens is 1. The Morgan fingerprint density at radius 1 is 1.17 bits per heavy atom. The third-order valence-electron chi connectivity index (χ3n) is 3.60. The number of hydrogen-bond acceptors (Lipinski definition) is 7. The number of fused-ring (bicyclic) bond motifs is 1. The van der Waals surface area contributed by atoms with Crippen LogP contribution in [0, 0.1) is 0 Å². The molecule has 118 valence electrons. The minimum Gasteiger partial charge on any atom is -0.547 e. The van der Waals surface area contributed by atoms with Gasteiger partial charge in [0.2, 0.25) is 6.29 Å². The number of aliphatic carboxylic acids is 1. The summed E-state index contributed by atoms with van der Waals surface area (Å²) in [5, 5.41) is 40.8. The SMILES string of the molecule is O=C([O-])[C@@H]1O[C@H](Oc2c[nH]c3ccccc23)[C@@H](O)[C@H](O)[C@H]1O.[Na+]. The maximum atomic E-state index is 10.9. The summed E-state index contributed by atoms with van der Waals surface area (Å²) in [5.74, 6) is -1.38. The monoisotopic (exact) mass is 331 g/mol. The van der Waals surface area contributed by atoms with Crippen molar-refractivity contribution in [1.29, 1.82) is 0 Å². The largest absolute Gasteiger partial charge is 1.00 e. The normalized spacial score (nSPS) is 30.7. The van der Waals surface area contributed by atoms with E-state index in [0.717, 1.165) is 5.52 Å². The molecule has 9 heteroatoms. The Morgan fingerprint density at radius 2 is 1.87 bits per heavy atom. The summed E-state index contributed by atoms with van der Waals surface area (Å²) in [6.45, 7) is 0. The first-order chi connectivity index (χ1) is 10.5. The number of carboxylic acids is 1. The molecule has 1 fully saturated rings. The number of ether oxygens (including phenoxy) is 2. The zero-order valence-electron chi connectivity index (χ0n) is 12.2. The molecule has 2 aromatic rings. The van der Waals surface area contributed by atoms with Crippen molar-refractivity contribution in [3.8, 4) is 5.75 Å². The van der Waals surface area contributed by atoms with Crippen molar-refractivity contribution in [1.82, 2.24) is 4.98 Å². The molecule has 0 spiro atoms. The van der Waals surface area contributed by atoms with Crippen LogP contribution in [-0.4, -0.2) is 57.0 Å². The summed E-state index contributed by atoms with van der Waals surface area (Å²) in [4.78, 5) is 13.9. The summed E-state index contributed by atoms with van der Waals surface area (Å²) in [6, 6.07) is 7.17. The molecule has 3 rings (SSSR count). The fourth-order valence-electron chi connectivity index (χ4n) is 2.41. The van der Waals surface area contributed by atoms with Crippen LogP contribution >= 0.6 is 0 Å². The Labute approximate surface area is 152 Å². The first-order valence-electron chi connectivity index (χ1n) is 6.62. The number of carbonyl (C=O) groups is 1. The molecule has 1 aromatic carbocycles. The number of benzene rings is 1. The molecule has 0 aliphatic carbocycles. The molecule has 0 saturated carbocycles. The van der Waals surface area contributed by atoms with Crippen molar-refractivity contribution >= 4 is 16.9 Å². The van der Waals surface area contributed by atoms with E-state index in [9.17, 15) is 25.2 Å². The van der Waals surface area contributed by atoms with E-state index in [1.165, 1.54) is 6.20 Å². The fourth-order valence-corrected chi connectivity index (χ4v) is 2.41. The summed E-state index contributed by atoms with van der Waals surface area (Å²) in [5.41, 5.74) is 0.778. The van der Waals surface area contributed by atoms with Gasteiger partial charge in [0.25, 0.3) is 0 Å². The van der Waals surface area contributed by atoms with E-state index < -0.39 is 36.7 Å². The zero-order valence-corrected chi connectivity index (χ0v) is 14.2. The molecule has 4 N–H and O–H groups in total. The smallest absolute Gasteiger partial charge is 0.547 e. The van der Waals surface area contributed by atoms with Crippen LogP contribution in [0.15, 0.2) is 30.5 Å². The van der Waals surface area contributed by atoms with Gasteiger partial charge in [0, 0.05) is 17.1 Å². The molecule has 8 nitrogen and oxygen atoms in total. The summed E-state index contributed by atoms with van der Waals surface area (Å²) < 4.78 is 10.5. The summed E-state index contributed by atoms with van der Waals surface area (Å²) in [6.07, 6.45) is -6.88. The third kappa shape index (κ3) is 3.38. The van der Waals surface area contributed by atoms with Crippen molar-refractivity contribution in [3.63, 3.8) is 0 Å². The topological polar surface area (TPSA) is 135 Å². The van der Waals surface area contributed by atoms with Crippen LogP contribution in [-0.2, 0) is 9.53 Å². The van der Waals surface area contributed by atoms with Gasteiger partial charge < -0.3 is 39.7 Å². The van der Waals surface area contributed by atoms with Crippen LogP contribution in [0.3, 0.4) is 0 Å². The summed E-state index contributed by atoms with van der Waals surface area (Å²) in [7, 11) is 0. The first kappa shape index (κ1) is 18.2. The number of H-pyrrole nitrogens is 1. The molecule has 1 aliphatic rings. The third-order valence-corrected chi connectivity index (χ3v) is 3.60. The van der Waals surface area contributed by atoms with E-state index in [0.29, 0.717) is 11.1 Å². The van der Waals surface area contributed by atoms with E-state index in [4.69, 9.17) is 9.47 Å². The van der Waals surface area contributed by atoms with Crippen molar-refractivity contribution < 1.29 is 64.3 Å². The van der Waals surface area contributed by atoms with E-state index in [-0.39, 0.29) is 29.6 Å². The number of nitrogens with one attached hydrogen (secondary N) is 1. The second-order valence-electron chi connectivity index (χ2n) is 5.03. The van der Waals surface area contributed by atoms with Crippen LogP contribution in [0.2, 0.25) is 0 Å². The van der Waals surface area contributed by atoms with Crippen molar-refractivity contribution in [2.24, 2.45) is 0 Å². The Bertz CT molecular complexity index is 691. The Hall–Kier alpha value is -1.13. The van der Waals surface area contributed by atoms with Crippen LogP contribution in [0.25, 0.3) is 10.9 Å². The number of para-hydroxylation sites is 1. The maximum absolute atomic E-state index is 10.9. The number of aliphatic hydroxyl groups is 3. The average Bonchev–Trinajstić information content (AvgIpc) is 2.91. The van der Waals surface area contributed by atoms with Gasteiger partial charge in [-0.05, 0) is 12.1 Å². The molecule has 1 aromatic heterocycles. The van der Waals surface area contributed by atoms with Crippen LogP contribution < -0.4 is 39.4 Å². The Morgan fingerprint density at radius 3 is 2.57 bits per heavy atom. The zero-order chi connectivity index (χ0) is 15.9. The van der Waals surface area contributed by atoms with E-state index in [1.807, 2.05) is 12.1 Å². The molecule has 5 atom stereocenters. The molecule has 0 unspecified atom stereocenters. The van der Waals surface area contributed by atoms with E-state index in [1.54, 1.807) is 12.1 Å². The standard InChI is InChI=1S/C14H15NO7.Na/c16-9-10(17)12(13(19)20)22-14(11(9)18)21-8-5-15-7-4-2-1-3-6(7)8;/h1-5,9-12,14-18H,(H,19,20);/q;+1/p-1/t9-,10-,11+,12-,14+;/m1./s1. The van der Waals surface area contributed by atoms with E-state index in [2.05, 4.69) is 4.98 Å². The average molecular weight is 331 g/mol. The van der Waals surface area contributed by atoms with Crippen molar-refractivity contribution in [3.05, 3.63) is 30.5 Å². The van der Waals surface area contributed by atoms with Crippen molar-refractivity contribution in [2.75, 3.05) is 0 Å². The van der Waals surface area contributed by atoms with Gasteiger partial charge in [-0.1, -0.05) is 12.1 Å². The van der Waals surface area contributed by atoms with Gasteiger partial charge in [0.05, 0.1) is 5.97 Å². The van der Waals surface area contributed by atoms with Gasteiger partial charge in [-0.2, -0.15) is 0 Å². The number of rotatable bonds is 3. The number of aromatic amines is 1. The van der Waals surface area contributed by atoms with Gasteiger partial charge in [0.1, 0.15) is 30.2 Å². The van der Waals surface area contributed by atoms with Crippen LogP contribution in [0.1, 0.15) is 0 Å². The molecule has 1 saturated heterocycles. The number of carbonyl (C=O) groups excluding carboxylic acids is 1. The van der Waals surface area contributed by atoms with Gasteiger partial charge in [0.15, 0.2) is 0 Å². The number of carboxylic acid groups (broad SMARTS) is 1. The Kier molecular flexibility index (Phi) is 5.69. The molecule has 1 aliphatic heterocycles. The molecular weight excluding hydrogens is 317 g/mol. The second-order valence-corrected chi connectivity index (χ2v) is 5.03. The molecule has 23 heavy (non-hydrogen) atoms. The molecule has 0 amide bonds. The van der Waals surface area contributed by atoms with Gasteiger partial charge >= 0.3 is 29.6 Å². The van der Waals surface area contributed by atoms with Gasteiger partial charge in [-0.3, -0.25) is 0 Å². The van der Waals surface area contributed by atoms with Crippen molar-refractivity contribution in [2.45, 2.75) is 30.7 Å². The van der Waals surface area contributed by atoms with Crippen LogP contribution in [0.4, 0.5) is 0 Å². The minimum absolute atomic E-state index is 0. The predicted octanol–water partition coefficient (Wildman–Crippen LogP) is -4.89. The Balaban J connectivity index is 0.00000192. The quantitative estimate of drug-likeness (QED) is 0.414. The first-order valence-corrected chi connectivity index (χ1v) is 6.62. The van der Waals surface area contributed by atoms with Gasteiger partial charge in [-0.15, -0.1) is 0 Å². The molecular formula is C14H14NNaO7. The predicted molar refractivity (Wildman–Crippen MR) is 70.6 cm³/mol. The maximum Gasteiger partial charge on any atom is 1.00 e. The minimum atomic E-state index is -1.80. The second kappa shape index (κ2) is 7.18. The number of aliphatic hydroxyl groups excluding tert-OH is 3.